The third kappa shape index (κ3) is 3.85. The summed E-state index contributed by atoms with van der Waals surface area (Å²) in [7, 11) is 0. The van der Waals surface area contributed by atoms with Crippen LogP contribution in [0.5, 0.6) is 0 Å². The highest BCUT2D eigenvalue weighted by Crippen LogP contribution is 2.37. The zero-order chi connectivity index (χ0) is 26.5. The van der Waals surface area contributed by atoms with Crippen LogP contribution in [0.25, 0.3) is 38.7 Å². The number of aryl methyl sites for hydroxylation is 1. The van der Waals surface area contributed by atoms with Gasteiger partial charge in [-0.1, -0.05) is 48.5 Å². The zero-order valence-electron chi connectivity index (χ0n) is 21.6. The molecule has 39 heavy (non-hydrogen) atoms. The molecule has 0 bridgehead atoms. The fourth-order valence-electron chi connectivity index (χ4n) is 5.92. The predicted octanol–water partition coefficient (Wildman–Crippen LogP) is 6.85. The summed E-state index contributed by atoms with van der Waals surface area (Å²) in [5.74, 6) is 0. The van der Waals surface area contributed by atoms with E-state index >= 15 is 0 Å². The monoisotopic (exact) mass is 513 g/mol. The SMILES string of the molecule is Cc1c2ccccc2n2c1c(-c1cccc([N+](=O)[O-])c1)nc1ccc(N3CCN(c4ccccc4)CC3)cc12. The largest absolute Gasteiger partial charge is 0.368 e. The number of hydrogen-bond acceptors (Lipinski definition) is 5. The second-order valence-corrected chi connectivity index (χ2v) is 10.1. The lowest BCUT2D eigenvalue weighted by Gasteiger charge is -2.37. The summed E-state index contributed by atoms with van der Waals surface area (Å²) in [5, 5.41) is 12.7. The van der Waals surface area contributed by atoms with Crippen molar-refractivity contribution in [3.63, 3.8) is 0 Å². The van der Waals surface area contributed by atoms with E-state index in [2.05, 4.69) is 93.9 Å². The summed E-state index contributed by atoms with van der Waals surface area (Å²) in [5.41, 5.74) is 9.09. The van der Waals surface area contributed by atoms with E-state index in [0.717, 1.165) is 70.5 Å². The Balaban J connectivity index is 1.37. The molecular weight excluding hydrogens is 486 g/mol. The van der Waals surface area contributed by atoms with Gasteiger partial charge in [-0.15, -0.1) is 0 Å². The normalized spacial score (nSPS) is 14.0. The molecule has 7 rings (SSSR count). The lowest BCUT2D eigenvalue weighted by molar-refractivity contribution is -0.384. The summed E-state index contributed by atoms with van der Waals surface area (Å²) < 4.78 is 2.28. The van der Waals surface area contributed by atoms with Crippen LogP contribution in [0.4, 0.5) is 17.1 Å². The third-order valence-corrected chi connectivity index (χ3v) is 7.88. The van der Waals surface area contributed by atoms with Gasteiger partial charge >= 0.3 is 0 Å². The van der Waals surface area contributed by atoms with E-state index in [1.807, 2.05) is 6.07 Å². The molecule has 2 aromatic heterocycles. The van der Waals surface area contributed by atoms with Crippen molar-refractivity contribution < 1.29 is 4.92 Å². The van der Waals surface area contributed by atoms with E-state index in [9.17, 15) is 10.1 Å². The Morgan fingerprint density at radius 1 is 0.744 bits per heavy atom. The van der Waals surface area contributed by atoms with Crippen molar-refractivity contribution in [2.24, 2.45) is 0 Å². The van der Waals surface area contributed by atoms with E-state index in [0.29, 0.717) is 0 Å². The maximum atomic E-state index is 11.5. The van der Waals surface area contributed by atoms with Gasteiger partial charge in [-0.05, 0) is 48.9 Å². The molecule has 0 atom stereocenters. The standard InChI is InChI=1S/C32H27N5O2/c1-22-27-12-5-6-13-29(27)36-30-21-25(35-18-16-34(17-19-35)24-9-3-2-4-10-24)14-15-28(30)33-31(32(22)36)23-8-7-11-26(20-23)37(38)39/h2-15,20-21H,16-19H2,1H3. The van der Waals surface area contributed by atoms with Gasteiger partial charge in [0.2, 0.25) is 0 Å². The van der Waals surface area contributed by atoms with Crippen molar-refractivity contribution >= 4 is 44.5 Å². The van der Waals surface area contributed by atoms with Crippen LogP contribution >= 0.6 is 0 Å². The van der Waals surface area contributed by atoms with Crippen molar-refractivity contribution in [2.75, 3.05) is 36.0 Å². The minimum atomic E-state index is -0.354. The van der Waals surface area contributed by atoms with Gasteiger partial charge in [0.25, 0.3) is 5.69 Å². The summed E-state index contributed by atoms with van der Waals surface area (Å²) >= 11 is 0. The Bertz CT molecular complexity index is 1870. The van der Waals surface area contributed by atoms with Gasteiger partial charge in [-0.2, -0.15) is 0 Å². The molecule has 0 N–H and O–H groups in total. The fraction of sp³-hybridized carbons (Fsp3) is 0.156. The number of para-hydroxylation sites is 2. The fourth-order valence-corrected chi connectivity index (χ4v) is 5.92. The minimum Gasteiger partial charge on any atom is -0.368 e. The number of fused-ring (bicyclic) bond motifs is 5. The topological polar surface area (TPSA) is 66.9 Å². The number of rotatable bonds is 4. The second-order valence-electron chi connectivity index (χ2n) is 10.1. The molecule has 6 aromatic rings. The van der Waals surface area contributed by atoms with E-state index in [-0.39, 0.29) is 10.6 Å². The van der Waals surface area contributed by atoms with Crippen molar-refractivity contribution in [3.05, 3.63) is 113 Å². The third-order valence-electron chi connectivity index (χ3n) is 7.88. The Labute approximate surface area is 225 Å². The zero-order valence-corrected chi connectivity index (χ0v) is 21.6. The number of piperazine rings is 1. The van der Waals surface area contributed by atoms with Gasteiger partial charge in [0, 0.05) is 60.6 Å². The van der Waals surface area contributed by atoms with E-state index in [1.165, 1.54) is 17.4 Å². The maximum absolute atomic E-state index is 11.5. The highest BCUT2D eigenvalue weighted by molar-refractivity contribution is 6.02. The lowest BCUT2D eigenvalue weighted by Crippen LogP contribution is -2.46. The Morgan fingerprint density at radius 2 is 1.46 bits per heavy atom. The van der Waals surface area contributed by atoms with Gasteiger partial charge in [0.15, 0.2) is 0 Å². The van der Waals surface area contributed by atoms with Crippen LogP contribution in [0.3, 0.4) is 0 Å². The van der Waals surface area contributed by atoms with Crippen LogP contribution in [0.2, 0.25) is 0 Å². The molecule has 4 aromatic carbocycles. The van der Waals surface area contributed by atoms with Gasteiger partial charge in [-0.25, -0.2) is 4.98 Å². The highest BCUT2D eigenvalue weighted by atomic mass is 16.6. The van der Waals surface area contributed by atoms with E-state index in [4.69, 9.17) is 4.98 Å². The Morgan fingerprint density at radius 3 is 2.23 bits per heavy atom. The molecule has 1 saturated heterocycles. The first-order chi connectivity index (χ1) is 19.1. The minimum absolute atomic E-state index is 0.0614. The molecule has 0 amide bonds. The molecule has 1 aliphatic heterocycles. The molecule has 0 saturated carbocycles. The van der Waals surface area contributed by atoms with Crippen molar-refractivity contribution in [2.45, 2.75) is 6.92 Å². The first kappa shape index (κ1) is 23.2. The molecule has 0 spiro atoms. The molecule has 1 fully saturated rings. The molecular formula is C32H27N5O2. The molecule has 0 aliphatic carbocycles. The summed E-state index contributed by atoms with van der Waals surface area (Å²) in [6, 6.07) is 32.2. The van der Waals surface area contributed by atoms with Crippen LogP contribution in [-0.2, 0) is 0 Å². The summed E-state index contributed by atoms with van der Waals surface area (Å²) in [6.07, 6.45) is 0. The van der Waals surface area contributed by atoms with Crippen molar-refractivity contribution in [1.82, 2.24) is 9.38 Å². The van der Waals surface area contributed by atoms with Gasteiger partial charge in [0.05, 0.1) is 32.7 Å². The lowest BCUT2D eigenvalue weighted by atomic mass is 10.1. The van der Waals surface area contributed by atoms with Gasteiger partial charge < -0.3 is 14.2 Å². The van der Waals surface area contributed by atoms with Crippen LogP contribution < -0.4 is 9.80 Å². The average molecular weight is 514 g/mol. The first-order valence-electron chi connectivity index (χ1n) is 13.2. The smallest absolute Gasteiger partial charge is 0.270 e. The number of aromatic nitrogens is 2. The molecule has 3 heterocycles. The molecule has 0 radical (unpaired) electrons. The maximum Gasteiger partial charge on any atom is 0.270 e. The van der Waals surface area contributed by atoms with Gasteiger partial charge in [0.1, 0.15) is 0 Å². The number of nitro groups is 1. The number of benzene rings is 4. The summed E-state index contributed by atoms with van der Waals surface area (Å²) in [6.45, 7) is 5.92. The number of hydrogen-bond donors (Lipinski definition) is 0. The van der Waals surface area contributed by atoms with Gasteiger partial charge in [-0.3, -0.25) is 10.1 Å². The van der Waals surface area contributed by atoms with Crippen molar-refractivity contribution in [3.8, 4) is 11.3 Å². The number of nitrogens with zero attached hydrogens (tertiary/aromatic N) is 5. The average Bonchev–Trinajstić information content (AvgIpc) is 3.30. The van der Waals surface area contributed by atoms with Crippen LogP contribution in [0.1, 0.15) is 5.56 Å². The quantitative estimate of drug-likeness (QED) is 0.190. The number of non-ortho nitro benzene ring substituents is 1. The predicted molar refractivity (Wildman–Crippen MR) is 158 cm³/mol. The Hall–Kier alpha value is -4.91. The number of nitro benzene ring substituents is 1. The molecule has 7 heteroatoms. The van der Waals surface area contributed by atoms with E-state index in [1.54, 1.807) is 12.1 Å². The van der Waals surface area contributed by atoms with E-state index < -0.39 is 0 Å². The molecule has 7 nitrogen and oxygen atoms in total. The van der Waals surface area contributed by atoms with Crippen molar-refractivity contribution in [1.29, 1.82) is 0 Å². The molecule has 1 aliphatic rings. The first-order valence-corrected chi connectivity index (χ1v) is 13.2. The van der Waals surface area contributed by atoms with Crippen LogP contribution in [-0.4, -0.2) is 40.5 Å². The van der Waals surface area contributed by atoms with Crippen LogP contribution in [0, 0.1) is 17.0 Å². The molecule has 0 unspecified atom stereocenters. The molecule has 192 valence electrons. The highest BCUT2D eigenvalue weighted by Gasteiger charge is 2.21. The Kier molecular flexibility index (Phi) is 5.44. The second kappa shape index (κ2) is 9.13. The number of anilines is 2. The summed E-state index contributed by atoms with van der Waals surface area (Å²) in [4.78, 5) is 21.2. The van der Waals surface area contributed by atoms with Crippen LogP contribution in [0.15, 0.2) is 97.1 Å².